The van der Waals surface area contributed by atoms with Gasteiger partial charge in [0.25, 0.3) is 17.7 Å². The van der Waals surface area contributed by atoms with Gasteiger partial charge in [-0.1, -0.05) is 25.5 Å². The fraction of sp³-hybridized carbons (Fsp3) is 0.400. The van der Waals surface area contributed by atoms with Gasteiger partial charge in [0.1, 0.15) is 12.4 Å². The molecule has 1 N–H and O–H groups in total. The SMILES string of the molecule is CCCCN1C(=O)c2ccc(C(=O)NCc3ccc(OCC4CCCO4)cc3)cc2C1=O. The van der Waals surface area contributed by atoms with Gasteiger partial charge >= 0.3 is 0 Å². The normalized spacial score (nSPS) is 17.5. The fourth-order valence-electron chi connectivity index (χ4n) is 3.90. The standard InChI is InChI=1S/C25H28N2O5/c1-2-3-12-27-24(29)21-11-8-18(14-22(21)25(27)30)23(28)26-15-17-6-9-19(10-7-17)32-16-20-5-4-13-31-20/h6-11,14,20H,2-5,12-13,15-16H2,1H3,(H,26,28). The zero-order valence-electron chi connectivity index (χ0n) is 18.3. The van der Waals surface area contributed by atoms with Crippen molar-refractivity contribution >= 4 is 17.7 Å². The predicted molar refractivity (Wildman–Crippen MR) is 119 cm³/mol. The van der Waals surface area contributed by atoms with Crippen LogP contribution in [-0.2, 0) is 11.3 Å². The third-order valence-electron chi connectivity index (χ3n) is 5.80. The molecular weight excluding hydrogens is 408 g/mol. The molecule has 1 atom stereocenters. The molecule has 4 rings (SSSR count). The van der Waals surface area contributed by atoms with E-state index in [1.807, 2.05) is 31.2 Å². The number of ether oxygens (including phenoxy) is 2. The van der Waals surface area contributed by atoms with Crippen molar-refractivity contribution in [3.8, 4) is 5.75 Å². The van der Waals surface area contributed by atoms with E-state index in [0.717, 1.165) is 43.6 Å². The molecular formula is C25H28N2O5. The van der Waals surface area contributed by atoms with Crippen LogP contribution in [0.2, 0.25) is 0 Å². The minimum atomic E-state index is -0.327. The first-order valence-electron chi connectivity index (χ1n) is 11.2. The summed E-state index contributed by atoms with van der Waals surface area (Å²) in [5, 5.41) is 2.86. The minimum Gasteiger partial charge on any atom is -0.491 e. The molecule has 1 unspecified atom stereocenters. The summed E-state index contributed by atoms with van der Waals surface area (Å²) < 4.78 is 11.3. The van der Waals surface area contributed by atoms with Gasteiger partial charge in [0.15, 0.2) is 0 Å². The molecule has 1 saturated heterocycles. The van der Waals surface area contributed by atoms with Crippen molar-refractivity contribution in [3.05, 3.63) is 64.7 Å². The fourth-order valence-corrected chi connectivity index (χ4v) is 3.90. The number of benzene rings is 2. The highest BCUT2D eigenvalue weighted by atomic mass is 16.5. The van der Waals surface area contributed by atoms with Crippen LogP contribution in [0.3, 0.4) is 0 Å². The first-order chi connectivity index (χ1) is 15.6. The maximum Gasteiger partial charge on any atom is 0.261 e. The van der Waals surface area contributed by atoms with Crippen molar-refractivity contribution in [1.29, 1.82) is 0 Å². The van der Waals surface area contributed by atoms with Gasteiger partial charge in [-0.2, -0.15) is 0 Å². The zero-order valence-corrected chi connectivity index (χ0v) is 18.3. The Kier molecular flexibility index (Phi) is 6.85. The van der Waals surface area contributed by atoms with Crippen LogP contribution in [-0.4, -0.2) is 48.5 Å². The lowest BCUT2D eigenvalue weighted by Gasteiger charge is -2.12. The van der Waals surface area contributed by atoms with Gasteiger partial charge in [-0.15, -0.1) is 0 Å². The van der Waals surface area contributed by atoms with Gasteiger partial charge in [-0.3, -0.25) is 19.3 Å². The lowest BCUT2D eigenvalue weighted by molar-refractivity contribution is 0.0652. The number of amides is 3. The number of nitrogens with zero attached hydrogens (tertiary/aromatic N) is 1. The molecule has 2 aliphatic rings. The van der Waals surface area contributed by atoms with Gasteiger partial charge in [-0.05, 0) is 55.2 Å². The summed E-state index contributed by atoms with van der Waals surface area (Å²) >= 11 is 0. The monoisotopic (exact) mass is 436 g/mol. The molecule has 3 amide bonds. The number of hydrogen-bond acceptors (Lipinski definition) is 5. The van der Waals surface area contributed by atoms with Gasteiger partial charge in [0, 0.05) is 25.3 Å². The zero-order chi connectivity index (χ0) is 22.5. The first kappa shape index (κ1) is 22.0. The molecule has 0 aliphatic carbocycles. The van der Waals surface area contributed by atoms with Crippen LogP contribution in [0.4, 0.5) is 0 Å². The molecule has 0 saturated carbocycles. The lowest BCUT2D eigenvalue weighted by atomic mass is 10.1. The summed E-state index contributed by atoms with van der Waals surface area (Å²) in [5.74, 6) is -0.136. The second-order valence-corrected chi connectivity index (χ2v) is 8.15. The third-order valence-corrected chi connectivity index (χ3v) is 5.80. The molecule has 0 spiro atoms. The average molecular weight is 437 g/mol. The van der Waals surface area contributed by atoms with E-state index in [9.17, 15) is 14.4 Å². The summed E-state index contributed by atoms with van der Waals surface area (Å²) in [4.78, 5) is 38.9. The van der Waals surface area contributed by atoms with E-state index in [0.29, 0.717) is 36.4 Å². The van der Waals surface area contributed by atoms with E-state index in [4.69, 9.17) is 9.47 Å². The van der Waals surface area contributed by atoms with E-state index in [2.05, 4.69) is 5.32 Å². The number of nitrogens with one attached hydrogen (secondary N) is 1. The van der Waals surface area contributed by atoms with Crippen molar-refractivity contribution in [2.24, 2.45) is 0 Å². The molecule has 2 aromatic rings. The summed E-state index contributed by atoms with van der Waals surface area (Å²) in [5.41, 5.74) is 1.95. The lowest BCUT2D eigenvalue weighted by Crippen LogP contribution is -2.30. The van der Waals surface area contributed by atoms with Gasteiger partial charge in [0.05, 0.1) is 17.2 Å². The summed E-state index contributed by atoms with van der Waals surface area (Å²) in [7, 11) is 0. The highest BCUT2D eigenvalue weighted by molar-refractivity contribution is 6.22. The number of imide groups is 1. The molecule has 2 aromatic carbocycles. The first-order valence-corrected chi connectivity index (χ1v) is 11.2. The number of carbonyl (C=O) groups is 3. The largest absolute Gasteiger partial charge is 0.491 e. The molecule has 7 nitrogen and oxygen atoms in total. The van der Waals surface area contributed by atoms with Crippen LogP contribution < -0.4 is 10.1 Å². The van der Waals surface area contributed by atoms with Crippen LogP contribution in [0.15, 0.2) is 42.5 Å². The molecule has 168 valence electrons. The van der Waals surface area contributed by atoms with Crippen LogP contribution in [0.1, 0.15) is 69.2 Å². The van der Waals surface area contributed by atoms with Crippen LogP contribution in [0, 0.1) is 0 Å². The highest BCUT2D eigenvalue weighted by Crippen LogP contribution is 2.24. The number of unbranched alkanes of at least 4 members (excludes halogenated alkanes) is 1. The molecule has 7 heteroatoms. The van der Waals surface area contributed by atoms with E-state index < -0.39 is 0 Å². The van der Waals surface area contributed by atoms with E-state index in [-0.39, 0.29) is 23.8 Å². The number of carbonyl (C=O) groups excluding carboxylic acids is 3. The van der Waals surface area contributed by atoms with Crippen molar-refractivity contribution in [3.63, 3.8) is 0 Å². The molecule has 2 heterocycles. The van der Waals surface area contributed by atoms with Gasteiger partial charge in [0.2, 0.25) is 0 Å². The number of rotatable bonds is 9. The maximum atomic E-state index is 12.6. The molecule has 0 bridgehead atoms. The maximum absolute atomic E-state index is 12.6. The Bertz CT molecular complexity index is 996. The second kappa shape index (κ2) is 9.96. The Balaban J connectivity index is 1.32. The molecule has 1 fully saturated rings. The van der Waals surface area contributed by atoms with Crippen molar-refractivity contribution in [2.75, 3.05) is 19.8 Å². The van der Waals surface area contributed by atoms with E-state index in [1.165, 1.54) is 11.0 Å². The Morgan fingerprint density at radius 3 is 2.62 bits per heavy atom. The molecule has 2 aliphatic heterocycles. The smallest absolute Gasteiger partial charge is 0.261 e. The summed E-state index contributed by atoms with van der Waals surface area (Å²) in [6.45, 7) is 4.10. The highest BCUT2D eigenvalue weighted by Gasteiger charge is 2.35. The Labute approximate surface area is 187 Å². The quantitative estimate of drug-likeness (QED) is 0.608. The second-order valence-electron chi connectivity index (χ2n) is 8.15. The van der Waals surface area contributed by atoms with Crippen molar-refractivity contribution in [1.82, 2.24) is 10.2 Å². The minimum absolute atomic E-state index is 0.169. The Morgan fingerprint density at radius 1 is 1.12 bits per heavy atom. The Morgan fingerprint density at radius 2 is 1.91 bits per heavy atom. The van der Waals surface area contributed by atoms with Gasteiger partial charge < -0.3 is 14.8 Å². The molecule has 0 radical (unpaired) electrons. The van der Waals surface area contributed by atoms with Crippen molar-refractivity contribution < 1.29 is 23.9 Å². The molecule has 32 heavy (non-hydrogen) atoms. The van der Waals surface area contributed by atoms with Crippen LogP contribution >= 0.6 is 0 Å². The van der Waals surface area contributed by atoms with Gasteiger partial charge in [-0.25, -0.2) is 0 Å². The van der Waals surface area contributed by atoms with Crippen LogP contribution in [0.25, 0.3) is 0 Å². The van der Waals surface area contributed by atoms with Crippen LogP contribution in [0.5, 0.6) is 5.75 Å². The predicted octanol–water partition coefficient (Wildman–Crippen LogP) is 3.57. The number of hydrogen-bond donors (Lipinski definition) is 1. The Hall–Kier alpha value is -3.19. The average Bonchev–Trinajstić information content (AvgIpc) is 3.42. The summed E-state index contributed by atoms with van der Waals surface area (Å²) in [6.07, 6.45) is 3.93. The summed E-state index contributed by atoms with van der Waals surface area (Å²) in [6, 6.07) is 12.2. The van der Waals surface area contributed by atoms with E-state index >= 15 is 0 Å². The topological polar surface area (TPSA) is 84.9 Å². The van der Waals surface area contributed by atoms with E-state index in [1.54, 1.807) is 12.1 Å². The van der Waals surface area contributed by atoms with Crippen molar-refractivity contribution in [2.45, 2.75) is 45.3 Å². The number of fused-ring (bicyclic) bond motifs is 1. The third kappa shape index (κ3) is 4.83. The molecule has 0 aromatic heterocycles.